The standard InChI is InChI=1S/C17H16O5/c1-21-16(18)10-13-9-14(7-8-15(13)17(19)20)22-11-12-5-3-2-4-6-12/h2-9H,10-11H2,1H3,(H,19,20). The molecule has 0 saturated heterocycles. The van der Waals surface area contributed by atoms with Crippen LogP contribution in [-0.2, 0) is 22.6 Å². The number of methoxy groups -OCH3 is 1. The van der Waals surface area contributed by atoms with Gasteiger partial charge >= 0.3 is 11.9 Å². The van der Waals surface area contributed by atoms with E-state index in [1.54, 1.807) is 12.1 Å². The molecule has 0 aliphatic carbocycles. The van der Waals surface area contributed by atoms with Crippen LogP contribution in [0.15, 0.2) is 48.5 Å². The van der Waals surface area contributed by atoms with E-state index in [2.05, 4.69) is 4.74 Å². The lowest BCUT2D eigenvalue weighted by molar-refractivity contribution is -0.139. The number of hydrogen-bond donors (Lipinski definition) is 1. The summed E-state index contributed by atoms with van der Waals surface area (Å²) in [5, 5.41) is 9.16. The van der Waals surface area contributed by atoms with Gasteiger partial charge in [-0.15, -0.1) is 0 Å². The minimum absolute atomic E-state index is 0.0671. The first-order valence-corrected chi connectivity index (χ1v) is 6.70. The minimum Gasteiger partial charge on any atom is -0.489 e. The summed E-state index contributed by atoms with van der Waals surface area (Å²) in [6.07, 6.45) is -0.110. The highest BCUT2D eigenvalue weighted by Crippen LogP contribution is 2.20. The maximum absolute atomic E-state index is 11.4. The van der Waals surface area contributed by atoms with Gasteiger partial charge in [0, 0.05) is 0 Å². The van der Waals surface area contributed by atoms with Crippen LogP contribution in [-0.4, -0.2) is 24.2 Å². The molecule has 0 amide bonds. The number of ether oxygens (including phenoxy) is 2. The van der Waals surface area contributed by atoms with Crippen LogP contribution in [0.4, 0.5) is 0 Å². The fourth-order valence-electron chi connectivity index (χ4n) is 1.98. The number of hydrogen-bond acceptors (Lipinski definition) is 4. The summed E-state index contributed by atoms with van der Waals surface area (Å²) in [5.41, 5.74) is 1.43. The average molecular weight is 300 g/mol. The zero-order valence-corrected chi connectivity index (χ0v) is 12.1. The molecule has 5 heteroatoms. The Labute approximate surface area is 128 Å². The highest BCUT2D eigenvalue weighted by molar-refractivity contribution is 5.91. The lowest BCUT2D eigenvalue weighted by Crippen LogP contribution is -2.10. The van der Waals surface area contributed by atoms with Gasteiger partial charge in [0.15, 0.2) is 0 Å². The summed E-state index contributed by atoms with van der Waals surface area (Å²) in [7, 11) is 1.26. The molecule has 1 N–H and O–H groups in total. The molecule has 2 rings (SSSR count). The van der Waals surface area contributed by atoms with Crippen molar-refractivity contribution in [3.8, 4) is 5.75 Å². The Balaban J connectivity index is 2.17. The van der Waals surface area contributed by atoms with Crippen molar-refractivity contribution < 1.29 is 24.2 Å². The molecule has 0 unspecified atom stereocenters. The smallest absolute Gasteiger partial charge is 0.335 e. The summed E-state index contributed by atoms with van der Waals surface area (Å²) in [5.74, 6) is -1.08. The fourth-order valence-corrected chi connectivity index (χ4v) is 1.98. The normalized spacial score (nSPS) is 10.0. The molecular formula is C17H16O5. The lowest BCUT2D eigenvalue weighted by Gasteiger charge is -2.10. The first kappa shape index (κ1) is 15.6. The summed E-state index contributed by atoms with van der Waals surface area (Å²) < 4.78 is 10.2. The van der Waals surface area contributed by atoms with Gasteiger partial charge in [-0.05, 0) is 29.3 Å². The third-order valence-corrected chi connectivity index (χ3v) is 3.12. The van der Waals surface area contributed by atoms with Gasteiger partial charge in [0.1, 0.15) is 12.4 Å². The van der Waals surface area contributed by atoms with Crippen molar-refractivity contribution in [1.29, 1.82) is 0 Å². The van der Waals surface area contributed by atoms with E-state index in [4.69, 9.17) is 9.84 Å². The molecule has 0 fully saturated rings. The Morgan fingerprint density at radius 3 is 2.45 bits per heavy atom. The van der Waals surface area contributed by atoms with E-state index in [9.17, 15) is 9.59 Å². The summed E-state index contributed by atoms with van der Waals surface area (Å²) in [6.45, 7) is 0.366. The number of carbonyl (C=O) groups is 2. The monoisotopic (exact) mass is 300 g/mol. The molecule has 114 valence electrons. The van der Waals surface area contributed by atoms with Crippen LogP contribution >= 0.6 is 0 Å². The second-order valence-electron chi connectivity index (χ2n) is 4.65. The Morgan fingerprint density at radius 2 is 1.82 bits per heavy atom. The van der Waals surface area contributed by atoms with E-state index < -0.39 is 11.9 Å². The second kappa shape index (κ2) is 7.26. The predicted octanol–water partition coefficient (Wildman–Crippen LogP) is 2.68. The van der Waals surface area contributed by atoms with Crippen LogP contribution in [0.3, 0.4) is 0 Å². The Hall–Kier alpha value is -2.82. The van der Waals surface area contributed by atoms with Gasteiger partial charge in [-0.1, -0.05) is 30.3 Å². The van der Waals surface area contributed by atoms with Crippen LogP contribution in [0.2, 0.25) is 0 Å². The maximum Gasteiger partial charge on any atom is 0.335 e. The molecule has 0 spiro atoms. The molecular weight excluding hydrogens is 284 g/mol. The highest BCUT2D eigenvalue weighted by Gasteiger charge is 2.14. The number of carboxylic acids is 1. The van der Waals surface area contributed by atoms with Crippen molar-refractivity contribution in [2.45, 2.75) is 13.0 Å². The van der Waals surface area contributed by atoms with Crippen molar-refractivity contribution in [2.75, 3.05) is 7.11 Å². The number of benzene rings is 2. The van der Waals surface area contributed by atoms with Gasteiger partial charge in [-0.25, -0.2) is 4.79 Å². The third-order valence-electron chi connectivity index (χ3n) is 3.12. The predicted molar refractivity (Wildman–Crippen MR) is 79.9 cm³/mol. The van der Waals surface area contributed by atoms with E-state index in [-0.39, 0.29) is 12.0 Å². The number of aromatic carboxylic acids is 1. The van der Waals surface area contributed by atoms with E-state index in [0.29, 0.717) is 17.9 Å². The van der Waals surface area contributed by atoms with Crippen LogP contribution in [0.25, 0.3) is 0 Å². The Bertz CT molecular complexity index is 664. The molecule has 0 atom stereocenters. The molecule has 2 aromatic rings. The van der Waals surface area contributed by atoms with Gasteiger partial charge in [0.25, 0.3) is 0 Å². The quantitative estimate of drug-likeness (QED) is 0.830. The topological polar surface area (TPSA) is 72.8 Å². The molecule has 0 aliphatic rings. The van der Waals surface area contributed by atoms with E-state index in [1.807, 2.05) is 30.3 Å². The second-order valence-corrected chi connectivity index (χ2v) is 4.65. The summed E-state index contributed by atoms with van der Waals surface area (Å²) in [6, 6.07) is 14.2. The fraction of sp³-hybridized carbons (Fsp3) is 0.176. The van der Waals surface area contributed by atoms with Gasteiger partial charge in [0.2, 0.25) is 0 Å². The van der Waals surface area contributed by atoms with Crippen molar-refractivity contribution >= 4 is 11.9 Å². The van der Waals surface area contributed by atoms with Crippen LogP contribution in [0.5, 0.6) is 5.75 Å². The van der Waals surface area contributed by atoms with Crippen LogP contribution in [0.1, 0.15) is 21.5 Å². The minimum atomic E-state index is -1.09. The van der Waals surface area contributed by atoms with Gasteiger partial charge in [-0.2, -0.15) is 0 Å². The molecule has 5 nitrogen and oxygen atoms in total. The van der Waals surface area contributed by atoms with E-state index >= 15 is 0 Å². The van der Waals surface area contributed by atoms with Crippen LogP contribution in [0, 0.1) is 0 Å². The maximum atomic E-state index is 11.4. The number of esters is 1. The molecule has 22 heavy (non-hydrogen) atoms. The Morgan fingerprint density at radius 1 is 1.09 bits per heavy atom. The molecule has 0 radical (unpaired) electrons. The van der Waals surface area contributed by atoms with E-state index in [0.717, 1.165) is 5.56 Å². The van der Waals surface area contributed by atoms with E-state index in [1.165, 1.54) is 13.2 Å². The molecule has 0 heterocycles. The first-order chi connectivity index (χ1) is 10.6. The largest absolute Gasteiger partial charge is 0.489 e. The Kier molecular flexibility index (Phi) is 5.14. The number of carbonyl (C=O) groups excluding carboxylic acids is 1. The SMILES string of the molecule is COC(=O)Cc1cc(OCc2ccccc2)ccc1C(=O)O. The zero-order chi connectivity index (χ0) is 15.9. The molecule has 2 aromatic carbocycles. The molecule has 0 aromatic heterocycles. The van der Waals surface area contributed by atoms with Gasteiger partial charge < -0.3 is 14.6 Å². The van der Waals surface area contributed by atoms with Crippen molar-refractivity contribution in [3.05, 3.63) is 65.2 Å². The van der Waals surface area contributed by atoms with Crippen molar-refractivity contribution in [3.63, 3.8) is 0 Å². The third kappa shape index (κ3) is 4.09. The number of carboxylic acid groups (broad SMARTS) is 1. The lowest BCUT2D eigenvalue weighted by atomic mass is 10.0. The molecule has 0 bridgehead atoms. The molecule has 0 saturated carbocycles. The van der Waals surface area contributed by atoms with Gasteiger partial charge in [-0.3, -0.25) is 4.79 Å². The summed E-state index contributed by atoms with van der Waals surface area (Å²) >= 11 is 0. The van der Waals surface area contributed by atoms with Crippen molar-refractivity contribution in [2.24, 2.45) is 0 Å². The highest BCUT2D eigenvalue weighted by atomic mass is 16.5. The zero-order valence-electron chi connectivity index (χ0n) is 12.1. The summed E-state index contributed by atoms with van der Waals surface area (Å²) in [4.78, 5) is 22.6. The molecule has 0 aliphatic heterocycles. The van der Waals surface area contributed by atoms with Gasteiger partial charge in [0.05, 0.1) is 19.1 Å². The van der Waals surface area contributed by atoms with Crippen LogP contribution < -0.4 is 4.74 Å². The van der Waals surface area contributed by atoms with Crippen molar-refractivity contribution in [1.82, 2.24) is 0 Å². The average Bonchev–Trinajstić information content (AvgIpc) is 2.53. The number of rotatable bonds is 6. The first-order valence-electron chi connectivity index (χ1n) is 6.70.